The van der Waals surface area contributed by atoms with Crippen LogP contribution in [0.1, 0.15) is 0 Å². The largest absolute Gasteiger partial charge is 0.496 e. The van der Waals surface area contributed by atoms with Crippen molar-refractivity contribution >= 4 is 5.69 Å². The van der Waals surface area contributed by atoms with Crippen molar-refractivity contribution < 1.29 is 9.26 Å². The minimum absolute atomic E-state index is 0.343. The summed E-state index contributed by atoms with van der Waals surface area (Å²) in [7, 11) is 1.56. The molecule has 0 aliphatic rings. The summed E-state index contributed by atoms with van der Waals surface area (Å²) in [6, 6.07) is 6.91. The van der Waals surface area contributed by atoms with Gasteiger partial charge >= 0.3 is 0 Å². The smallest absolute Gasteiger partial charge is 0.262 e. The van der Waals surface area contributed by atoms with Gasteiger partial charge in [0.1, 0.15) is 17.8 Å². The van der Waals surface area contributed by atoms with Crippen LogP contribution in [-0.2, 0) is 0 Å². The van der Waals surface area contributed by atoms with Gasteiger partial charge in [-0.1, -0.05) is 5.16 Å². The molecule has 7 nitrogen and oxygen atoms in total. The lowest BCUT2D eigenvalue weighted by Crippen LogP contribution is -1.91. The van der Waals surface area contributed by atoms with E-state index in [1.807, 2.05) is 0 Å². The van der Waals surface area contributed by atoms with Crippen molar-refractivity contribution in [3.05, 3.63) is 36.8 Å². The molecule has 0 radical (unpaired) electrons. The predicted molar refractivity (Wildman–Crippen MR) is 71.7 cm³/mol. The van der Waals surface area contributed by atoms with Crippen molar-refractivity contribution in [3.8, 4) is 28.7 Å². The third-order valence-electron chi connectivity index (χ3n) is 2.69. The average Bonchev–Trinajstić information content (AvgIpc) is 2.97. The minimum Gasteiger partial charge on any atom is -0.496 e. The maximum Gasteiger partial charge on any atom is 0.262 e. The Morgan fingerprint density at radius 1 is 1.25 bits per heavy atom. The van der Waals surface area contributed by atoms with Gasteiger partial charge in [-0.05, 0) is 18.2 Å². The number of nitrogens with zero attached hydrogens (tertiary/aromatic N) is 4. The number of benzene rings is 1. The Balaban J connectivity index is 2.02. The van der Waals surface area contributed by atoms with E-state index in [4.69, 9.17) is 15.0 Å². The van der Waals surface area contributed by atoms with Crippen LogP contribution in [0.5, 0.6) is 5.75 Å². The molecule has 0 saturated heterocycles. The Kier molecular flexibility index (Phi) is 3.00. The zero-order valence-electron chi connectivity index (χ0n) is 10.6. The first-order chi connectivity index (χ1) is 9.78. The van der Waals surface area contributed by atoms with Gasteiger partial charge in [0.05, 0.1) is 12.7 Å². The van der Waals surface area contributed by atoms with Crippen molar-refractivity contribution in [1.29, 1.82) is 0 Å². The van der Waals surface area contributed by atoms with Crippen LogP contribution < -0.4 is 10.5 Å². The summed E-state index contributed by atoms with van der Waals surface area (Å²) in [5.74, 6) is 1.31. The van der Waals surface area contributed by atoms with Gasteiger partial charge in [0, 0.05) is 18.0 Å². The molecule has 3 aromatic rings. The molecule has 2 N–H and O–H groups in total. The Morgan fingerprint density at radius 2 is 2.15 bits per heavy atom. The summed E-state index contributed by atoms with van der Waals surface area (Å²) < 4.78 is 10.5. The van der Waals surface area contributed by atoms with Crippen LogP contribution in [0.2, 0.25) is 0 Å². The predicted octanol–water partition coefficient (Wildman–Crippen LogP) is 1.78. The van der Waals surface area contributed by atoms with Gasteiger partial charge in [0.15, 0.2) is 0 Å². The highest BCUT2D eigenvalue weighted by atomic mass is 16.5. The first-order valence-corrected chi connectivity index (χ1v) is 5.82. The van der Waals surface area contributed by atoms with E-state index in [9.17, 15) is 0 Å². The highest BCUT2D eigenvalue weighted by Gasteiger charge is 2.15. The normalized spacial score (nSPS) is 10.4. The van der Waals surface area contributed by atoms with Crippen molar-refractivity contribution in [2.75, 3.05) is 12.8 Å². The third kappa shape index (κ3) is 2.16. The van der Waals surface area contributed by atoms with E-state index < -0.39 is 0 Å². The number of rotatable bonds is 3. The Morgan fingerprint density at radius 3 is 2.90 bits per heavy atom. The third-order valence-corrected chi connectivity index (χ3v) is 2.69. The van der Waals surface area contributed by atoms with E-state index in [1.165, 1.54) is 6.33 Å². The quantitative estimate of drug-likeness (QED) is 0.723. The molecule has 0 spiro atoms. The summed E-state index contributed by atoms with van der Waals surface area (Å²) in [5, 5.41) is 3.90. The van der Waals surface area contributed by atoms with E-state index in [-0.39, 0.29) is 0 Å². The van der Waals surface area contributed by atoms with Gasteiger partial charge in [-0.2, -0.15) is 4.98 Å². The fraction of sp³-hybridized carbons (Fsp3) is 0.0769. The van der Waals surface area contributed by atoms with Crippen molar-refractivity contribution in [3.63, 3.8) is 0 Å². The van der Waals surface area contributed by atoms with E-state index in [0.29, 0.717) is 34.4 Å². The molecule has 2 heterocycles. The molecule has 0 unspecified atom stereocenters. The molecule has 1 aromatic carbocycles. The second-order valence-electron chi connectivity index (χ2n) is 3.98. The molecule has 0 aliphatic heterocycles. The molecular formula is C13H11N5O2. The molecule has 3 rings (SSSR count). The van der Waals surface area contributed by atoms with Crippen molar-refractivity contribution in [2.45, 2.75) is 0 Å². The van der Waals surface area contributed by atoms with Crippen LogP contribution in [0, 0.1) is 0 Å². The molecule has 20 heavy (non-hydrogen) atoms. The zero-order chi connectivity index (χ0) is 13.9. The lowest BCUT2D eigenvalue weighted by Gasteiger charge is -2.05. The van der Waals surface area contributed by atoms with Crippen molar-refractivity contribution in [2.24, 2.45) is 0 Å². The van der Waals surface area contributed by atoms with Gasteiger partial charge in [0.25, 0.3) is 5.89 Å². The number of ether oxygens (including phenoxy) is 1. The highest BCUT2D eigenvalue weighted by molar-refractivity contribution is 5.67. The molecule has 0 bridgehead atoms. The van der Waals surface area contributed by atoms with Crippen LogP contribution in [0.3, 0.4) is 0 Å². The van der Waals surface area contributed by atoms with Crippen LogP contribution in [0.4, 0.5) is 5.69 Å². The van der Waals surface area contributed by atoms with Crippen LogP contribution >= 0.6 is 0 Å². The summed E-state index contributed by atoms with van der Waals surface area (Å²) in [5.41, 5.74) is 7.57. The van der Waals surface area contributed by atoms with Crippen LogP contribution in [0.25, 0.3) is 23.0 Å². The van der Waals surface area contributed by atoms with Crippen LogP contribution in [-0.4, -0.2) is 27.2 Å². The topological polar surface area (TPSA) is 100.0 Å². The second-order valence-corrected chi connectivity index (χ2v) is 3.98. The van der Waals surface area contributed by atoms with Gasteiger partial charge in [0.2, 0.25) is 5.82 Å². The fourth-order valence-electron chi connectivity index (χ4n) is 1.74. The second kappa shape index (κ2) is 4.96. The van der Waals surface area contributed by atoms with Crippen molar-refractivity contribution in [1.82, 2.24) is 20.1 Å². The Labute approximate surface area is 114 Å². The van der Waals surface area contributed by atoms with Gasteiger partial charge in [-0.25, -0.2) is 9.97 Å². The SMILES string of the molecule is COc1cc(N)ccc1-c1nc(-c2ccncn2)no1. The molecule has 2 aromatic heterocycles. The number of hydrogen-bond acceptors (Lipinski definition) is 7. The van der Waals surface area contributed by atoms with Gasteiger partial charge in [-0.3, -0.25) is 0 Å². The molecule has 0 fully saturated rings. The molecule has 100 valence electrons. The van der Waals surface area contributed by atoms with E-state index in [2.05, 4.69) is 20.1 Å². The monoisotopic (exact) mass is 269 g/mol. The maximum atomic E-state index is 5.71. The number of anilines is 1. The molecule has 0 saturated carbocycles. The fourth-order valence-corrected chi connectivity index (χ4v) is 1.74. The van der Waals surface area contributed by atoms with E-state index in [0.717, 1.165) is 0 Å². The molecular weight excluding hydrogens is 258 g/mol. The van der Waals surface area contributed by atoms with Gasteiger partial charge in [-0.15, -0.1) is 0 Å². The summed E-state index contributed by atoms with van der Waals surface area (Å²) >= 11 is 0. The number of aromatic nitrogens is 4. The lowest BCUT2D eigenvalue weighted by molar-refractivity contribution is 0.405. The van der Waals surface area contributed by atoms with E-state index in [1.54, 1.807) is 37.6 Å². The van der Waals surface area contributed by atoms with Gasteiger partial charge < -0.3 is 15.0 Å². The maximum absolute atomic E-state index is 5.71. The molecule has 0 aliphatic carbocycles. The number of nitrogen functional groups attached to an aromatic ring is 1. The first-order valence-electron chi connectivity index (χ1n) is 5.82. The van der Waals surface area contributed by atoms with Crippen LogP contribution in [0.15, 0.2) is 41.3 Å². The number of methoxy groups -OCH3 is 1. The molecule has 0 amide bonds. The van der Waals surface area contributed by atoms with E-state index >= 15 is 0 Å². The standard InChI is InChI=1S/C13H11N5O2/c1-19-11-6-8(14)2-3-9(11)13-17-12(18-20-13)10-4-5-15-7-16-10/h2-7H,14H2,1H3. The average molecular weight is 269 g/mol. The summed E-state index contributed by atoms with van der Waals surface area (Å²) in [6.45, 7) is 0. The summed E-state index contributed by atoms with van der Waals surface area (Å²) in [6.07, 6.45) is 3.04. The summed E-state index contributed by atoms with van der Waals surface area (Å²) in [4.78, 5) is 12.2. The molecule has 0 atom stereocenters. The Bertz CT molecular complexity index is 727. The zero-order valence-corrected chi connectivity index (χ0v) is 10.6. The number of hydrogen-bond donors (Lipinski definition) is 1. The minimum atomic E-state index is 0.343. The first kappa shape index (κ1) is 12.1. The Hall–Kier alpha value is -2.96. The number of nitrogens with two attached hydrogens (primary N) is 1. The highest BCUT2D eigenvalue weighted by Crippen LogP contribution is 2.31. The molecule has 7 heteroatoms. The lowest BCUT2D eigenvalue weighted by atomic mass is 10.2.